The third-order valence-corrected chi connectivity index (χ3v) is 5.34. The Bertz CT molecular complexity index is 842. The molecular formula is C20H26N4O2. The fourth-order valence-electron chi connectivity index (χ4n) is 3.83. The lowest BCUT2D eigenvalue weighted by Crippen LogP contribution is -2.39. The molecule has 0 amide bonds. The van der Waals surface area contributed by atoms with Gasteiger partial charge >= 0.3 is 0 Å². The van der Waals surface area contributed by atoms with Crippen LogP contribution >= 0.6 is 0 Å². The maximum Gasteiger partial charge on any atom is 0.251 e. The first-order valence-electron chi connectivity index (χ1n) is 8.99. The molecule has 0 bridgehead atoms. The van der Waals surface area contributed by atoms with Crippen LogP contribution < -0.4 is 0 Å². The maximum atomic E-state index is 13.2. The van der Waals surface area contributed by atoms with Gasteiger partial charge in [-0.25, -0.2) is 9.36 Å². The van der Waals surface area contributed by atoms with E-state index in [4.69, 9.17) is 0 Å². The molecule has 0 spiro atoms. The lowest BCUT2D eigenvalue weighted by molar-refractivity contribution is 0.0629. The Morgan fingerprint density at radius 2 is 1.12 bits per heavy atom. The molecule has 6 nitrogen and oxygen atoms in total. The Morgan fingerprint density at radius 3 is 1.38 bits per heavy atom. The number of hydrogen-bond donors (Lipinski definition) is 0. The average molecular weight is 354 g/mol. The monoisotopic (exact) mass is 354 g/mol. The van der Waals surface area contributed by atoms with Crippen molar-refractivity contribution in [2.45, 2.75) is 54.4 Å². The Morgan fingerprint density at radius 1 is 0.769 bits per heavy atom. The third kappa shape index (κ3) is 3.16. The summed E-state index contributed by atoms with van der Waals surface area (Å²) >= 11 is 0. The highest BCUT2D eigenvalue weighted by molar-refractivity contribution is 5.90. The van der Waals surface area contributed by atoms with Crippen molar-refractivity contribution in [3.63, 3.8) is 0 Å². The molecule has 0 saturated carbocycles. The van der Waals surface area contributed by atoms with E-state index in [9.17, 15) is 9.59 Å². The molecule has 0 unspecified atom stereocenters. The number of aromatic nitrogens is 4. The Labute approximate surface area is 153 Å². The quantitative estimate of drug-likeness (QED) is 0.772. The van der Waals surface area contributed by atoms with Crippen LogP contribution in [0.15, 0.2) is 23.3 Å². The van der Waals surface area contributed by atoms with Crippen molar-refractivity contribution >= 4 is 11.8 Å². The fraction of sp³-hybridized carbons (Fsp3) is 0.500. The number of carbonyl (C=O) groups is 2. The average Bonchev–Trinajstić information content (AvgIpc) is 3.08. The molecule has 0 aromatic carbocycles. The predicted molar refractivity (Wildman–Crippen MR) is 99.2 cm³/mol. The summed E-state index contributed by atoms with van der Waals surface area (Å²) in [5.74, 6) is -1.06. The molecule has 138 valence electrons. The van der Waals surface area contributed by atoms with Gasteiger partial charge in [-0.2, -0.15) is 10.2 Å². The molecule has 2 atom stereocenters. The van der Waals surface area contributed by atoms with Gasteiger partial charge in [-0.05, 0) is 66.5 Å². The van der Waals surface area contributed by atoms with E-state index < -0.39 is 11.8 Å². The van der Waals surface area contributed by atoms with Crippen molar-refractivity contribution in [1.29, 1.82) is 0 Å². The first-order valence-corrected chi connectivity index (χ1v) is 8.99. The van der Waals surface area contributed by atoms with Gasteiger partial charge in [-0.3, -0.25) is 9.59 Å². The zero-order chi connectivity index (χ0) is 19.2. The summed E-state index contributed by atoms with van der Waals surface area (Å²) < 4.78 is 2.91. The van der Waals surface area contributed by atoms with Gasteiger partial charge in [-0.15, -0.1) is 0 Å². The minimum absolute atomic E-state index is 0.109. The molecule has 1 aliphatic rings. The Balaban J connectivity index is 2.00. The number of carbonyl (C=O) groups excluding carboxylic acids is 2. The summed E-state index contributed by atoms with van der Waals surface area (Å²) in [5, 5.41) is 8.67. The van der Waals surface area contributed by atoms with E-state index in [1.54, 1.807) is 0 Å². The molecular weight excluding hydrogens is 328 g/mol. The van der Waals surface area contributed by atoms with Crippen LogP contribution in [0.1, 0.15) is 59.1 Å². The number of rotatable bonds is 2. The van der Waals surface area contributed by atoms with Crippen LogP contribution in [0.4, 0.5) is 0 Å². The smallest absolute Gasteiger partial charge is 0.251 e. The van der Waals surface area contributed by atoms with Crippen molar-refractivity contribution in [2.24, 2.45) is 11.8 Å². The lowest BCUT2D eigenvalue weighted by atomic mass is 9.75. The molecule has 2 heterocycles. The van der Waals surface area contributed by atoms with Gasteiger partial charge in [0.25, 0.3) is 11.8 Å². The van der Waals surface area contributed by atoms with Crippen LogP contribution in [-0.4, -0.2) is 31.4 Å². The molecule has 3 rings (SSSR count). The van der Waals surface area contributed by atoms with Crippen LogP contribution in [0.5, 0.6) is 0 Å². The minimum atomic E-state index is -0.423. The molecule has 6 heteroatoms. The molecule has 2 aromatic rings. The first kappa shape index (κ1) is 18.3. The molecule has 26 heavy (non-hydrogen) atoms. The largest absolute Gasteiger partial charge is 0.272 e. The van der Waals surface area contributed by atoms with Gasteiger partial charge in [0.05, 0.1) is 23.2 Å². The summed E-state index contributed by atoms with van der Waals surface area (Å²) in [5.41, 5.74) is 5.57. The van der Waals surface area contributed by atoms with Gasteiger partial charge in [0.2, 0.25) is 0 Å². The van der Waals surface area contributed by atoms with Gasteiger partial charge in [-0.1, -0.05) is 11.1 Å². The van der Waals surface area contributed by atoms with Crippen LogP contribution in [0, 0.1) is 39.5 Å². The molecule has 0 fully saturated rings. The highest BCUT2D eigenvalue weighted by Crippen LogP contribution is 2.36. The van der Waals surface area contributed by atoms with E-state index in [-0.39, 0.29) is 11.8 Å². The lowest BCUT2D eigenvalue weighted by Gasteiger charge is -2.31. The zero-order valence-corrected chi connectivity index (χ0v) is 16.3. The summed E-state index contributed by atoms with van der Waals surface area (Å²) in [6.45, 7) is 11.6. The Kier molecular flexibility index (Phi) is 4.69. The fourth-order valence-corrected chi connectivity index (χ4v) is 3.83. The molecule has 0 N–H and O–H groups in total. The van der Waals surface area contributed by atoms with E-state index >= 15 is 0 Å². The number of allylic oxidation sites excluding steroid dienone is 2. The predicted octanol–water partition coefficient (Wildman–Crippen LogP) is 3.66. The summed E-state index contributed by atoms with van der Waals surface area (Å²) in [7, 11) is 0. The van der Waals surface area contributed by atoms with Gasteiger partial charge < -0.3 is 0 Å². The zero-order valence-electron chi connectivity index (χ0n) is 16.3. The number of nitrogens with zero attached hydrogens (tertiary/aromatic N) is 4. The Hall–Kier alpha value is -2.50. The molecule has 2 aromatic heterocycles. The van der Waals surface area contributed by atoms with E-state index in [2.05, 4.69) is 10.2 Å². The van der Waals surface area contributed by atoms with E-state index in [0.29, 0.717) is 12.8 Å². The third-order valence-electron chi connectivity index (χ3n) is 5.34. The van der Waals surface area contributed by atoms with Crippen LogP contribution in [0.3, 0.4) is 0 Å². The normalized spacial score (nSPS) is 20.5. The standard InChI is InChI=1S/C20H26N4O2/c1-11-7-17(19(25)23-15(5)9-13(3)21-23)18(8-12(11)2)20(26)24-16(6)10-14(4)22-24/h9-10,17-18H,7-8H2,1-6H3/t17-,18-/m0/s1. The van der Waals surface area contributed by atoms with Crippen molar-refractivity contribution < 1.29 is 9.59 Å². The highest BCUT2D eigenvalue weighted by Gasteiger charge is 2.39. The topological polar surface area (TPSA) is 69.8 Å². The molecule has 0 saturated heterocycles. The van der Waals surface area contributed by atoms with Gasteiger partial charge in [0, 0.05) is 11.4 Å². The van der Waals surface area contributed by atoms with Crippen LogP contribution in [-0.2, 0) is 0 Å². The van der Waals surface area contributed by atoms with E-state index in [1.165, 1.54) is 20.5 Å². The number of hydrogen-bond acceptors (Lipinski definition) is 4. The highest BCUT2D eigenvalue weighted by atomic mass is 16.2. The maximum absolute atomic E-state index is 13.2. The molecule has 0 aliphatic heterocycles. The van der Waals surface area contributed by atoms with Crippen LogP contribution in [0.2, 0.25) is 0 Å². The molecule has 1 aliphatic carbocycles. The van der Waals surface area contributed by atoms with Gasteiger partial charge in [0.15, 0.2) is 0 Å². The van der Waals surface area contributed by atoms with E-state index in [0.717, 1.165) is 22.8 Å². The van der Waals surface area contributed by atoms with Crippen molar-refractivity contribution in [3.05, 3.63) is 46.1 Å². The summed E-state index contributed by atoms with van der Waals surface area (Å²) in [6, 6.07) is 3.76. The van der Waals surface area contributed by atoms with Crippen molar-refractivity contribution in [3.8, 4) is 0 Å². The second-order valence-electron chi connectivity index (χ2n) is 7.54. The first-order chi connectivity index (χ1) is 12.2. The second kappa shape index (κ2) is 6.67. The van der Waals surface area contributed by atoms with Crippen molar-refractivity contribution in [1.82, 2.24) is 19.6 Å². The van der Waals surface area contributed by atoms with Crippen LogP contribution in [0.25, 0.3) is 0 Å². The minimum Gasteiger partial charge on any atom is -0.272 e. The second-order valence-corrected chi connectivity index (χ2v) is 7.54. The van der Waals surface area contributed by atoms with E-state index in [1.807, 2.05) is 53.7 Å². The summed E-state index contributed by atoms with van der Waals surface area (Å²) in [4.78, 5) is 26.4. The number of aryl methyl sites for hydroxylation is 4. The molecule has 0 radical (unpaired) electrons. The summed E-state index contributed by atoms with van der Waals surface area (Å²) in [6.07, 6.45) is 1.16. The van der Waals surface area contributed by atoms with Crippen molar-refractivity contribution in [2.75, 3.05) is 0 Å². The SMILES string of the molecule is CC1=C(C)C[C@H](C(=O)n2nc(C)cc2C)[C@@H](C(=O)n2nc(C)cc2C)C1. The van der Waals surface area contributed by atoms with Gasteiger partial charge in [0.1, 0.15) is 0 Å².